The van der Waals surface area contributed by atoms with Gasteiger partial charge < -0.3 is 15.4 Å². The Kier molecular flexibility index (Phi) is 2.71. The number of carbonyl (C=O) groups is 1. The fourth-order valence-electron chi connectivity index (χ4n) is 2.18. The number of hydrogen-bond acceptors (Lipinski definition) is 7. The molecule has 0 saturated carbocycles. The fraction of sp³-hybridized carbons (Fsp3) is 0.214. The second-order valence-electron chi connectivity index (χ2n) is 5.55. The summed E-state index contributed by atoms with van der Waals surface area (Å²) >= 11 is 0. The van der Waals surface area contributed by atoms with Crippen LogP contribution in [0.25, 0.3) is 5.65 Å². The molecule has 9 heteroatoms. The molecule has 0 aromatic carbocycles. The number of hydrogen-bond donors (Lipinski definition) is 2. The third kappa shape index (κ3) is 2.31. The minimum atomic E-state index is -0.917. The molecule has 0 radical (unpaired) electrons. The van der Waals surface area contributed by atoms with Gasteiger partial charge >= 0.3 is 0 Å². The lowest BCUT2D eigenvalue weighted by Gasteiger charge is -2.30. The molecular weight excluding hydrogens is 298 g/mol. The van der Waals surface area contributed by atoms with Gasteiger partial charge in [0, 0.05) is 12.4 Å². The summed E-state index contributed by atoms with van der Waals surface area (Å²) in [6, 6.07) is 3.47. The predicted molar refractivity (Wildman–Crippen MR) is 81.6 cm³/mol. The molecule has 0 bridgehead atoms. The van der Waals surface area contributed by atoms with Crippen LogP contribution in [-0.4, -0.2) is 36.1 Å². The Hall–Kier alpha value is -3.23. The molecule has 0 atom stereocenters. The molecule has 23 heavy (non-hydrogen) atoms. The van der Waals surface area contributed by atoms with Gasteiger partial charge in [0.1, 0.15) is 5.82 Å². The topological polar surface area (TPSA) is 106 Å². The van der Waals surface area contributed by atoms with Gasteiger partial charge in [-0.15, -0.1) is 5.10 Å². The third-order valence-corrected chi connectivity index (χ3v) is 3.38. The molecule has 0 fully saturated rings. The number of carbonyl (C=O) groups excluding carboxylic acids is 1. The molecule has 4 rings (SSSR count). The average molecular weight is 311 g/mol. The molecule has 3 aromatic heterocycles. The first-order valence-corrected chi connectivity index (χ1v) is 6.96. The molecule has 1 aliphatic rings. The molecule has 1 aliphatic heterocycles. The summed E-state index contributed by atoms with van der Waals surface area (Å²) in [6.07, 6.45) is 4.93. The Morgan fingerprint density at radius 1 is 1.30 bits per heavy atom. The number of rotatable bonds is 2. The highest BCUT2D eigenvalue weighted by Crippen LogP contribution is 2.33. The maximum Gasteiger partial charge on any atom is 0.269 e. The molecule has 9 nitrogen and oxygen atoms in total. The van der Waals surface area contributed by atoms with E-state index in [1.807, 2.05) is 0 Å². The summed E-state index contributed by atoms with van der Waals surface area (Å²) in [7, 11) is 0. The van der Waals surface area contributed by atoms with Crippen molar-refractivity contribution in [3.05, 3.63) is 30.7 Å². The normalized spacial score (nSPS) is 15.7. The predicted octanol–water partition coefficient (Wildman–Crippen LogP) is 1.37. The van der Waals surface area contributed by atoms with Gasteiger partial charge in [-0.1, -0.05) is 0 Å². The number of pyridine rings is 1. The van der Waals surface area contributed by atoms with E-state index in [2.05, 4.69) is 30.7 Å². The van der Waals surface area contributed by atoms with Gasteiger partial charge in [-0.05, 0) is 26.0 Å². The first kappa shape index (κ1) is 13.4. The second kappa shape index (κ2) is 4.63. The van der Waals surface area contributed by atoms with Gasteiger partial charge in [-0.2, -0.15) is 4.98 Å². The monoisotopic (exact) mass is 311 g/mol. The van der Waals surface area contributed by atoms with Crippen LogP contribution in [0.4, 0.5) is 17.6 Å². The summed E-state index contributed by atoms with van der Waals surface area (Å²) in [5.41, 5.74) is -0.300. The zero-order chi connectivity index (χ0) is 16.0. The number of ether oxygens (including phenoxy) is 1. The Morgan fingerprint density at radius 3 is 3.00 bits per heavy atom. The highest BCUT2D eigenvalue weighted by molar-refractivity contribution is 5.99. The Morgan fingerprint density at radius 2 is 2.17 bits per heavy atom. The van der Waals surface area contributed by atoms with Crippen molar-refractivity contribution in [2.45, 2.75) is 19.4 Å². The van der Waals surface area contributed by atoms with Gasteiger partial charge in [0.2, 0.25) is 5.95 Å². The largest absolute Gasteiger partial charge is 0.474 e. The van der Waals surface area contributed by atoms with Gasteiger partial charge in [0.25, 0.3) is 5.91 Å². The maximum atomic E-state index is 11.9. The number of nitrogens with zero attached hydrogens (tertiary/aromatic N) is 5. The van der Waals surface area contributed by atoms with Gasteiger partial charge in [-0.25, -0.2) is 9.50 Å². The van der Waals surface area contributed by atoms with Crippen molar-refractivity contribution in [3.63, 3.8) is 0 Å². The van der Waals surface area contributed by atoms with Crippen LogP contribution in [0.3, 0.4) is 0 Å². The van der Waals surface area contributed by atoms with E-state index in [0.717, 1.165) is 0 Å². The van der Waals surface area contributed by atoms with E-state index >= 15 is 0 Å². The fourth-order valence-corrected chi connectivity index (χ4v) is 2.18. The van der Waals surface area contributed by atoms with Crippen LogP contribution in [0.5, 0.6) is 5.75 Å². The summed E-state index contributed by atoms with van der Waals surface area (Å²) in [6.45, 7) is 3.40. The third-order valence-electron chi connectivity index (χ3n) is 3.38. The molecule has 0 unspecified atom stereocenters. The van der Waals surface area contributed by atoms with Crippen molar-refractivity contribution in [2.24, 2.45) is 0 Å². The van der Waals surface area contributed by atoms with E-state index in [9.17, 15) is 4.79 Å². The van der Waals surface area contributed by atoms with E-state index in [1.165, 1.54) is 0 Å². The quantitative estimate of drug-likeness (QED) is 0.736. The van der Waals surface area contributed by atoms with E-state index in [-0.39, 0.29) is 5.91 Å². The van der Waals surface area contributed by atoms with Crippen molar-refractivity contribution >= 4 is 29.1 Å². The second-order valence-corrected chi connectivity index (χ2v) is 5.55. The van der Waals surface area contributed by atoms with E-state index in [1.54, 1.807) is 49.1 Å². The highest BCUT2D eigenvalue weighted by atomic mass is 16.5. The van der Waals surface area contributed by atoms with Crippen LogP contribution < -0.4 is 15.4 Å². The number of anilines is 3. The summed E-state index contributed by atoms with van der Waals surface area (Å²) in [5.74, 6) is 1.52. The van der Waals surface area contributed by atoms with Crippen LogP contribution >= 0.6 is 0 Å². The molecule has 2 N–H and O–H groups in total. The van der Waals surface area contributed by atoms with E-state index < -0.39 is 5.60 Å². The summed E-state index contributed by atoms with van der Waals surface area (Å²) < 4.78 is 7.24. The standard InChI is InChI=1S/C14H13N7O2/c1-14(2)12(22)19-11-8(23-14)3-4-9(16-11)17-13-18-10-7-15-5-6-21(10)20-13/h3-7H,1-2H3,(H2,16,17,19,20,22). The van der Waals surface area contributed by atoms with Crippen LogP contribution in [0.15, 0.2) is 30.7 Å². The van der Waals surface area contributed by atoms with E-state index in [0.29, 0.717) is 29.0 Å². The number of nitrogens with one attached hydrogen (secondary N) is 2. The van der Waals surface area contributed by atoms with E-state index in [4.69, 9.17) is 4.74 Å². The minimum absolute atomic E-state index is 0.244. The van der Waals surface area contributed by atoms with Crippen molar-refractivity contribution in [1.82, 2.24) is 24.6 Å². The molecule has 0 spiro atoms. The van der Waals surface area contributed by atoms with Crippen LogP contribution in [0, 0.1) is 0 Å². The number of aromatic nitrogens is 5. The SMILES string of the molecule is CC1(C)Oc2ccc(Nc3nc4cnccn4n3)nc2NC1=O. The Bertz CT molecular complexity index is 885. The molecule has 4 heterocycles. The number of amides is 1. The van der Waals surface area contributed by atoms with Gasteiger partial charge in [0.15, 0.2) is 22.8 Å². The lowest BCUT2D eigenvalue weighted by atomic mass is 10.1. The number of fused-ring (bicyclic) bond motifs is 2. The van der Waals surface area contributed by atoms with Crippen molar-refractivity contribution in [2.75, 3.05) is 10.6 Å². The molecule has 1 amide bonds. The highest BCUT2D eigenvalue weighted by Gasteiger charge is 2.36. The first-order valence-electron chi connectivity index (χ1n) is 6.96. The zero-order valence-electron chi connectivity index (χ0n) is 12.4. The van der Waals surface area contributed by atoms with Gasteiger partial charge in [-0.3, -0.25) is 9.78 Å². The first-order chi connectivity index (χ1) is 11.0. The smallest absolute Gasteiger partial charge is 0.269 e. The van der Waals surface area contributed by atoms with Crippen molar-refractivity contribution in [3.8, 4) is 5.75 Å². The summed E-state index contributed by atoms with van der Waals surface area (Å²) in [5, 5.41) is 9.98. The molecule has 0 saturated heterocycles. The molecule has 3 aromatic rings. The average Bonchev–Trinajstić information content (AvgIpc) is 2.91. The van der Waals surface area contributed by atoms with Crippen molar-refractivity contribution in [1.29, 1.82) is 0 Å². The van der Waals surface area contributed by atoms with Gasteiger partial charge in [0.05, 0.1) is 6.20 Å². The Balaban J connectivity index is 1.63. The van der Waals surface area contributed by atoms with Crippen LogP contribution in [0.1, 0.15) is 13.8 Å². The molecular formula is C14H13N7O2. The van der Waals surface area contributed by atoms with Crippen molar-refractivity contribution < 1.29 is 9.53 Å². The van der Waals surface area contributed by atoms with Crippen LogP contribution in [-0.2, 0) is 4.79 Å². The Labute approximate surface area is 130 Å². The lowest BCUT2D eigenvalue weighted by molar-refractivity contribution is -0.129. The summed E-state index contributed by atoms with van der Waals surface area (Å²) in [4.78, 5) is 24.5. The van der Waals surface area contributed by atoms with Crippen LogP contribution in [0.2, 0.25) is 0 Å². The lowest BCUT2D eigenvalue weighted by Crippen LogP contribution is -2.46. The minimum Gasteiger partial charge on any atom is -0.474 e. The zero-order valence-corrected chi connectivity index (χ0v) is 12.4. The molecule has 0 aliphatic carbocycles. The maximum absolute atomic E-state index is 11.9. The molecule has 116 valence electrons.